The van der Waals surface area contributed by atoms with Crippen molar-refractivity contribution >= 4 is 8.07 Å². The molecule has 1 heterocycles. The van der Waals surface area contributed by atoms with E-state index in [9.17, 15) is 0 Å². The molecule has 4 heteroatoms. The van der Waals surface area contributed by atoms with Crippen molar-refractivity contribution in [2.75, 3.05) is 0 Å². The predicted molar refractivity (Wildman–Crippen MR) is 86.6 cm³/mol. The molecule has 1 aliphatic heterocycles. The van der Waals surface area contributed by atoms with Gasteiger partial charge in [0.15, 0.2) is 0 Å². The van der Waals surface area contributed by atoms with Crippen molar-refractivity contribution in [3.05, 3.63) is 40.4 Å². The number of halogens is 2. The summed E-state index contributed by atoms with van der Waals surface area (Å²) < 4.78 is 3.68. The van der Waals surface area contributed by atoms with Crippen molar-refractivity contribution in [3.63, 3.8) is 0 Å². The molecule has 0 nitrogen and oxygen atoms in total. The fraction of sp³-hybridized carbons (Fsp3) is 0.556. The van der Waals surface area contributed by atoms with Gasteiger partial charge in [0.1, 0.15) is 0 Å². The number of hydrogen-bond acceptors (Lipinski definition) is 0. The first kappa shape index (κ1) is 20.5. The van der Waals surface area contributed by atoms with E-state index in [1.54, 1.807) is 22.3 Å². The minimum Gasteiger partial charge on any atom is -1.00 e. The third kappa shape index (κ3) is 2.43. The maximum absolute atomic E-state index is 2.61. The Morgan fingerprint density at radius 3 is 1.32 bits per heavy atom. The smallest absolute Gasteiger partial charge is 1.00 e. The molecule has 2 atom stereocenters. The van der Waals surface area contributed by atoms with Crippen molar-refractivity contribution in [2.45, 2.75) is 54.6 Å². The number of allylic oxidation sites excluding steroid dienone is 8. The van der Waals surface area contributed by atoms with Gasteiger partial charge in [0.05, 0.1) is 0 Å². The number of rotatable bonds is 0. The van der Waals surface area contributed by atoms with Gasteiger partial charge < -0.3 is 24.8 Å². The van der Waals surface area contributed by atoms with Crippen LogP contribution in [0, 0.1) is 11.8 Å². The largest absolute Gasteiger partial charge is 1.00 e. The van der Waals surface area contributed by atoms with E-state index in [0.29, 0.717) is 0 Å². The fourth-order valence-electron chi connectivity index (χ4n) is 5.11. The Balaban J connectivity index is 0.00000121. The van der Waals surface area contributed by atoms with Crippen molar-refractivity contribution in [3.8, 4) is 0 Å². The summed E-state index contributed by atoms with van der Waals surface area (Å²) in [4.78, 5) is 0. The molecule has 0 aromatic carbocycles. The summed E-state index contributed by atoms with van der Waals surface area (Å²) in [6.45, 7) is 19.8. The zero-order valence-corrected chi connectivity index (χ0v) is 19.0. The van der Waals surface area contributed by atoms with Gasteiger partial charge in [0, 0.05) is 0 Å². The van der Waals surface area contributed by atoms with Gasteiger partial charge in [0.25, 0.3) is 0 Å². The van der Waals surface area contributed by atoms with Gasteiger partial charge in [-0.2, -0.15) is 0 Å². The summed E-state index contributed by atoms with van der Waals surface area (Å²) in [6.07, 6.45) is 0. The first-order chi connectivity index (χ1) is 9.19. The van der Waals surface area contributed by atoms with Crippen molar-refractivity contribution < 1.29 is 44.0 Å². The maximum atomic E-state index is 2.61. The van der Waals surface area contributed by atoms with Crippen LogP contribution < -0.4 is 24.8 Å². The topological polar surface area (TPSA) is 0 Å². The van der Waals surface area contributed by atoms with Crippen LogP contribution in [-0.2, 0) is 19.2 Å². The minimum atomic E-state index is -1.49. The summed E-state index contributed by atoms with van der Waals surface area (Å²) in [6, 6.07) is 0. The Bertz CT molecular complexity index is 596. The van der Waals surface area contributed by atoms with Crippen LogP contribution in [0.25, 0.3) is 0 Å². The summed E-state index contributed by atoms with van der Waals surface area (Å²) in [5.41, 5.74) is 6.63. The Kier molecular flexibility index (Phi) is 5.98. The zero-order valence-electron chi connectivity index (χ0n) is 14.9. The summed E-state index contributed by atoms with van der Waals surface area (Å²) in [7, 11) is -1.49. The van der Waals surface area contributed by atoms with Crippen molar-refractivity contribution in [2.24, 2.45) is 11.8 Å². The maximum Gasteiger partial charge on any atom is -1.00 e. The van der Waals surface area contributed by atoms with Crippen LogP contribution in [0.1, 0.15) is 41.5 Å². The van der Waals surface area contributed by atoms with E-state index in [0.717, 1.165) is 11.8 Å². The van der Waals surface area contributed by atoms with Gasteiger partial charge in [-0.05, 0) is 0 Å². The minimum absolute atomic E-state index is 0. The van der Waals surface area contributed by atoms with Crippen LogP contribution in [-0.4, -0.2) is 8.07 Å². The zero-order chi connectivity index (χ0) is 15.0. The molecule has 2 aliphatic carbocycles. The molecule has 0 spiro atoms. The van der Waals surface area contributed by atoms with Gasteiger partial charge >= 0.3 is 134 Å². The van der Waals surface area contributed by atoms with Crippen LogP contribution >= 0.6 is 0 Å². The summed E-state index contributed by atoms with van der Waals surface area (Å²) in [5.74, 6) is 1.49. The molecule has 0 radical (unpaired) electrons. The van der Waals surface area contributed by atoms with E-state index in [4.69, 9.17) is 0 Å². The molecule has 0 aromatic heterocycles. The Hall–Kier alpha value is 0.471. The molecular weight excluding hydrogens is 363 g/mol. The molecule has 22 heavy (non-hydrogen) atoms. The Morgan fingerprint density at radius 2 is 1.00 bits per heavy atom. The SMILES string of the molecule is CC1=[C]2[Ti+2][C]3=C(C)C(C)=C(C3C)[Si](C)(C)C(=C1C)C2C.[Cl-].[Cl-]. The Morgan fingerprint density at radius 1 is 0.682 bits per heavy atom. The molecule has 3 aliphatic rings. The van der Waals surface area contributed by atoms with E-state index in [1.165, 1.54) is 0 Å². The average molecular weight is 389 g/mol. The second-order valence-electron chi connectivity index (χ2n) is 7.35. The first-order valence-electron chi connectivity index (χ1n) is 7.81. The molecule has 0 amide bonds. The second-order valence-corrected chi connectivity index (χ2v) is 13.7. The first-order valence-corrected chi connectivity index (χ1v) is 12.4. The van der Waals surface area contributed by atoms with Gasteiger partial charge in [-0.3, -0.25) is 0 Å². The fourth-order valence-corrected chi connectivity index (χ4v) is 13.3. The average Bonchev–Trinajstić information content (AvgIpc) is 2.70. The van der Waals surface area contributed by atoms with E-state index in [-0.39, 0.29) is 44.0 Å². The third-order valence-electron chi connectivity index (χ3n) is 6.09. The van der Waals surface area contributed by atoms with E-state index in [1.807, 2.05) is 18.1 Å². The molecule has 4 bridgehead atoms. The molecule has 3 rings (SSSR count). The number of hydrogen-bond donors (Lipinski definition) is 0. The molecule has 0 saturated carbocycles. The molecular formula is C18H26Cl2SiTi. The van der Waals surface area contributed by atoms with Crippen molar-refractivity contribution in [1.29, 1.82) is 0 Å². The molecule has 1 saturated heterocycles. The van der Waals surface area contributed by atoms with Crippen LogP contribution in [0.2, 0.25) is 13.1 Å². The van der Waals surface area contributed by atoms with Crippen LogP contribution in [0.3, 0.4) is 0 Å². The van der Waals surface area contributed by atoms with E-state index in [2.05, 4.69) is 54.6 Å². The normalized spacial score (nSPS) is 28.7. The number of fused-ring (bicyclic) bond motifs is 4. The monoisotopic (exact) mass is 388 g/mol. The molecule has 120 valence electrons. The van der Waals surface area contributed by atoms with Crippen molar-refractivity contribution in [1.82, 2.24) is 0 Å². The predicted octanol–water partition coefficient (Wildman–Crippen LogP) is -0.642. The van der Waals surface area contributed by atoms with Crippen LogP contribution in [0.4, 0.5) is 0 Å². The molecule has 0 aromatic rings. The Labute approximate surface area is 158 Å². The molecule has 0 N–H and O–H groups in total. The van der Waals surface area contributed by atoms with Crippen LogP contribution in [0.15, 0.2) is 40.4 Å². The van der Waals surface area contributed by atoms with Gasteiger partial charge in [-0.15, -0.1) is 0 Å². The standard InChI is InChI=1S/C18H26Si.2ClH.Ti/c1-11-9-13(3)17(15(11)5)19(7,8)18-14(4)10-12(2)16(18)6;;;/h13-14H,1-8H3;2*1H;/q;;;+2/p-2. The third-order valence-corrected chi connectivity index (χ3v) is 13.8. The van der Waals surface area contributed by atoms with Gasteiger partial charge in [0.2, 0.25) is 0 Å². The van der Waals surface area contributed by atoms with E-state index >= 15 is 0 Å². The quantitative estimate of drug-likeness (QED) is 0.484. The van der Waals surface area contributed by atoms with Gasteiger partial charge in [-0.25, -0.2) is 0 Å². The van der Waals surface area contributed by atoms with Gasteiger partial charge in [-0.1, -0.05) is 0 Å². The summed E-state index contributed by atoms with van der Waals surface area (Å²) >= 11 is -0.0956. The molecule has 2 unspecified atom stereocenters. The van der Waals surface area contributed by atoms with Crippen LogP contribution in [0.5, 0.6) is 0 Å². The van der Waals surface area contributed by atoms with E-state index < -0.39 is 8.07 Å². The molecule has 1 fully saturated rings. The second kappa shape index (κ2) is 6.41. The summed E-state index contributed by atoms with van der Waals surface area (Å²) in [5, 5.41) is 3.70.